The second-order valence-corrected chi connectivity index (χ2v) is 5.39. The predicted octanol–water partition coefficient (Wildman–Crippen LogP) is 1.98. The number of hydrogen-bond donors (Lipinski definition) is 1. The molecule has 0 aromatic rings. The molecule has 1 N–H and O–H groups in total. The summed E-state index contributed by atoms with van der Waals surface area (Å²) in [5.74, 6) is 1.30. The molecule has 2 nitrogen and oxygen atoms in total. The Morgan fingerprint density at radius 2 is 2.21 bits per heavy atom. The lowest BCUT2D eigenvalue weighted by Gasteiger charge is -2.31. The van der Waals surface area contributed by atoms with Crippen LogP contribution in [0, 0.1) is 0 Å². The molecule has 1 heterocycles. The molecule has 1 saturated heterocycles. The second kappa shape index (κ2) is 7.55. The molecule has 0 aromatic heterocycles. The van der Waals surface area contributed by atoms with E-state index in [1.165, 1.54) is 44.6 Å². The fourth-order valence-electron chi connectivity index (χ4n) is 1.85. The lowest BCUT2D eigenvalue weighted by Crippen LogP contribution is -2.38. The minimum atomic E-state index is 0.355. The molecule has 1 aliphatic heterocycles. The van der Waals surface area contributed by atoms with Gasteiger partial charge in [-0.2, -0.15) is 11.8 Å². The largest absolute Gasteiger partial charge is 0.396 e. The number of unbranched alkanes of at least 4 members (excludes halogenated alkanes) is 2. The van der Waals surface area contributed by atoms with Crippen molar-refractivity contribution in [2.75, 3.05) is 32.0 Å². The van der Waals surface area contributed by atoms with Crippen LogP contribution in [0.2, 0.25) is 0 Å². The SMILES string of the molecule is CCC1CN(CCCCCO)CCS1. The van der Waals surface area contributed by atoms with Crippen LogP contribution in [-0.2, 0) is 0 Å². The van der Waals surface area contributed by atoms with Crippen molar-refractivity contribution in [2.24, 2.45) is 0 Å². The Morgan fingerprint density at radius 3 is 2.93 bits per heavy atom. The second-order valence-electron chi connectivity index (χ2n) is 3.99. The fourth-order valence-corrected chi connectivity index (χ4v) is 3.10. The summed E-state index contributed by atoms with van der Waals surface area (Å²) in [4.78, 5) is 2.59. The van der Waals surface area contributed by atoms with Crippen LogP contribution in [0.5, 0.6) is 0 Å². The Bertz CT molecular complexity index is 143. The van der Waals surface area contributed by atoms with Gasteiger partial charge in [0.2, 0.25) is 0 Å². The highest BCUT2D eigenvalue weighted by molar-refractivity contribution is 8.00. The maximum absolute atomic E-state index is 8.67. The number of aliphatic hydroxyl groups excluding tert-OH is 1. The first-order chi connectivity index (χ1) is 6.86. The highest BCUT2D eigenvalue weighted by atomic mass is 32.2. The maximum atomic E-state index is 8.67. The normalized spacial score (nSPS) is 24.0. The van der Waals surface area contributed by atoms with Crippen molar-refractivity contribution in [1.82, 2.24) is 4.90 Å². The van der Waals surface area contributed by atoms with Crippen molar-refractivity contribution >= 4 is 11.8 Å². The van der Waals surface area contributed by atoms with E-state index in [9.17, 15) is 0 Å². The van der Waals surface area contributed by atoms with Gasteiger partial charge in [-0.05, 0) is 32.2 Å². The van der Waals surface area contributed by atoms with Crippen molar-refractivity contribution in [2.45, 2.75) is 37.9 Å². The van der Waals surface area contributed by atoms with E-state index in [0.29, 0.717) is 6.61 Å². The molecule has 1 fully saturated rings. The molecule has 0 saturated carbocycles. The van der Waals surface area contributed by atoms with Gasteiger partial charge < -0.3 is 10.0 Å². The number of nitrogens with zero attached hydrogens (tertiary/aromatic N) is 1. The summed E-state index contributed by atoms with van der Waals surface area (Å²) >= 11 is 2.13. The van der Waals surface area contributed by atoms with Crippen molar-refractivity contribution in [3.63, 3.8) is 0 Å². The van der Waals surface area contributed by atoms with Crippen LogP contribution in [0.3, 0.4) is 0 Å². The quantitative estimate of drug-likeness (QED) is 0.688. The molecule has 0 amide bonds. The summed E-state index contributed by atoms with van der Waals surface area (Å²) in [6.07, 6.45) is 4.70. The Labute approximate surface area is 92.1 Å². The third-order valence-electron chi connectivity index (χ3n) is 2.81. The van der Waals surface area contributed by atoms with E-state index in [4.69, 9.17) is 5.11 Å². The van der Waals surface area contributed by atoms with Crippen molar-refractivity contribution < 1.29 is 5.11 Å². The molecule has 0 radical (unpaired) electrons. The zero-order chi connectivity index (χ0) is 10.2. The maximum Gasteiger partial charge on any atom is 0.0431 e. The average molecular weight is 217 g/mol. The summed E-state index contributed by atoms with van der Waals surface area (Å²) in [5, 5.41) is 9.53. The Hall–Kier alpha value is 0.270. The van der Waals surface area contributed by atoms with E-state index in [1.54, 1.807) is 0 Å². The van der Waals surface area contributed by atoms with Crippen molar-refractivity contribution in [1.29, 1.82) is 0 Å². The first-order valence-corrected chi connectivity index (χ1v) is 6.86. The van der Waals surface area contributed by atoms with Gasteiger partial charge in [-0.15, -0.1) is 0 Å². The van der Waals surface area contributed by atoms with Crippen LogP contribution in [0.1, 0.15) is 32.6 Å². The molecule has 0 aliphatic carbocycles. The topological polar surface area (TPSA) is 23.5 Å². The molecule has 1 aliphatic rings. The summed E-state index contributed by atoms with van der Waals surface area (Å²) in [7, 11) is 0. The van der Waals surface area contributed by atoms with Gasteiger partial charge in [-0.1, -0.05) is 6.92 Å². The molecule has 84 valence electrons. The standard InChI is InChI=1S/C11H23NOS/c1-2-11-10-12(7-9-14-11)6-4-3-5-8-13/h11,13H,2-10H2,1H3. The smallest absolute Gasteiger partial charge is 0.0431 e. The van der Waals surface area contributed by atoms with Gasteiger partial charge in [-0.25, -0.2) is 0 Å². The monoisotopic (exact) mass is 217 g/mol. The van der Waals surface area contributed by atoms with Crippen LogP contribution in [-0.4, -0.2) is 47.3 Å². The van der Waals surface area contributed by atoms with Gasteiger partial charge >= 0.3 is 0 Å². The molecule has 0 spiro atoms. The third-order valence-corrected chi connectivity index (χ3v) is 4.18. The van der Waals surface area contributed by atoms with Crippen LogP contribution in [0.25, 0.3) is 0 Å². The Kier molecular flexibility index (Phi) is 6.65. The minimum absolute atomic E-state index is 0.355. The van der Waals surface area contributed by atoms with Gasteiger partial charge in [0.05, 0.1) is 0 Å². The van der Waals surface area contributed by atoms with Gasteiger partial charge in [0.25, 0.3) is 0 Å². The van der Waals surface area contributed by atoms with Crippen LogP contribution < -0.4 is 0 Å². The van der Waals surface area contributed by atoms with Gasteiger partial charge in [0.15, 0.2) is 0 Å². The molecule has 0 aromatic carbocycles. The first kappa shape index (κ1) is 12.3. The number of rotatable bonds is 6. The number of aliphatic hydroxyl groups is 1. The van der Waals surface area contributed by atoms with Gasteiger partial charge in [0, 0.05) is 30.7 Å². The fraction of sp³-hybridized carbons (Fsp3) is 1.00. The van der Waals surface area contributed by atoms with E-state index in [-0.39, 0.29) is 0 Å². The minimum Gasteiger partial charge on any atom is -0.396 e. The molecular weight excluding hydrogens is 194 g/mol. The van der Waals surface area contributed by atoms with E-state index in [2.05, 4.69) is 23.6 Å². The molecule has 14 heavy (non-hydrogen) atoms. The van der Waals surface area contributed by atoms with E-state index in [1.807, 2.05) is 0 Å². The molecule has 0 bridgehead atoms. The third kappa shape index (κ3) is 4.67. The average Bonchev–Trinajstić information content (AvgIpc) is 2.25. The summed E-state index contributed by atoms with van der Waals surface area (Å²) in [5.41, 5.74) is 0. The molecule has 3 heteroatoms. The van der Waals surface area contributed by atoms with Gasteiger partial charge in [-0.3, -0.25) is 0 Å². The highest BCUT2D eigenvalue weighted by Crippen LogP contribution is 2.21. The van der Waals surface area contributed by atoms with E-state index in [0.717, 1.165) is 11.7 Å². The molecule has 1 unspecified atom stereocenters. The van der Waals surface area contributed by atoms with Crippen LogP contribution in [0.4, 0.5) is 0 Å². The van der Waals surface area contributed by atoms with Crippen molar-refractivity contribution in [3.05, 3.63) is 0 Å². The van der Waals surface area contributed by atoms with E-state index < -0.39 is 0 Å². The van der Waals surface area contributed by atoms with Crippen LogP contribution >= 0.6 is 11.8 Å². The van der Waals surface area contributed by atoms with E-state index >= 15 is 0 Å². The number of thioether (sulfide) groups is 1. The Balaban J connectivity index is 2.05. The summed E-state index contributed by atoms with van der Waals surface area (Å²) < 4.78 is 0. The lowest BCUT2D eigenvalue weighted by atomic mass is 10.2. The van der Waals surface area contributed by atoms with Crippen LogP contribution in [0.15, 0.2) is 0 Å². The van der Waals surface area contributed by atoms with Gasteiger partial charge in [0.1, 0.15) is 0 Å². The molecular formula is C11H23NOS. The zero-order valence-electron chi connectivity index (χ0n) is 9.24. The zero-order valence-corrected chi connectivity index (χ0v) is 10.1. The molecule has 1 rings (SSSR count). The lowest BCUT2D eigenvalue weighted by molar-refractivity contribution is 0.256. The first-order valence-electron chi connectivity index (χ1n) is 5.81. The van der Waals surface area contributed by atoms with Crippen molar-refractivity contribution in [3.8, 4) is 0 Å². The summed E-state index contributed by atoms with van der Waals surface area (Å²) in [6.45, 7) is 6.41. The molecule has 1 atom stereocenters. The predicted molar refractivity (Wildman–Crippen MR) is 63.9 cm³/mol. The Morgan fingerprint density at radius 1 is 1.36 bits per heavy atom. The summed E-state index contributed by atoms with van der Waals surface area (Å²) in [6, 6.07) is 0. The number of hydrogen-bond acceptors (Lipinski definition) is 3. The highest BCUT2D eigenvalue weighted by Gasteiger charge is 2.17.